The van der Waals surface area contributed by atoms with E-state index in [9.17, 15) is 10.2 Å². The molecule has 4 nitrogen and oxygen atoms in total. The van der Waals surface area contributed by atoms with Crippen LogP contribution in [0.25, 0.3) is 0 Å². The highest BCUT2D eigenvalue weighted by Crippen LogP contribution is 2.36. The maximum absolute atomic E-state index is 10.3. The van der Waals surface area contributed by atoms with Gasteiger partial charge in [-0.05, 0) is 49.2 Å². The van der Waals surface area contributed by atoms with Crippen LogP contribution in [0.15, 0.2) is 107 Å². The average molecular weight is 449 g/mol. The Morgan fingerprint density at radius 3 is 1.32 bits per heavy atom. The molecule has 4 aromatic rings. The van der Waals surface area contributed by atoms with Crippen molar-refractivity contribution in [1.82, 2.24) is 0 Å². The molecule has 0 spiro atoms. The number of phenolic OH excluding ortho intramolecular Hbond substituents is 2. The molecule has 4 heteroatoms. The Morgan fingerprint density at radius 2 is 0.941 bits per heavy atom. The van der Waals surface area contributed by atoms with Crippen LogP contribution in [-0.2, 0) is 0 Å². The summed E-state index contributed by atoms with van der Waals surface area (Å²) >= 11 is 0. The molecule has 0 aliphatic heterocycles. The van der Waals surface area contributed by atoms with Crippen molar-refractivity contribution in [3.8, 4) is 11.5 Å². The van der Waals surface area contributed by atoms with E-state index in [-0.39, 0.29) is 23.6 Å². The van der Waals surface area contributed by atoms with E-state index in [1.807, 2.05) is 98.8 Å². The summed E-state index contributed by atoms with van der Waals surface area (Å²) in [5.41, 5.74) is 5.42. The summed E-state index contributed by atoms with van der Waals surface area (Å²) in [7, 11) is 0. The van der Waals surface area contributed by atoms with Crippen molar-refractivity contribution in [1.29, 1.82) is 0 Å². The molecule has 0 saturated carbocycles. The SMILES string of the molecule is Cc1ccc(O)c(C=N[C@@H](c2ccccc2)[C@@H](N=Cc2cc(C)ccc2O)c2ccccc2)c1. The number of aliphatic imine (C=N–C) groups is 2. The molecule has 34 heavy (non-hydrogen) atoms. The van der Waals surface area contributed by atoms with Gasteiger partial charge < -0.3 is 10.2 Å². The van der Waals surface area contributed by atoms with Crippen molar-refractivity contribution >= 4 is 12.4 Å². The topological polar surface area (TPSA) is 65.2 Å². The van der Waals surface area contributed by atoms with Gasteiger partial charge in [0.15, 0.2) is 0 Å². The molecule has 0 aromatic heterocycles. The van der Waals surface area contributed by atoms with Crippen molar-refractivity contribution in [3.63, 3.8) is 0 Å². The molecule has 0 radical (unpaired) electrons. The van der Waals surface area contributed by atoms with Crippen molar-refractivity contribution in [3.05, 3.63) is 130 Å². The number of rotatable bonds is 7. The van der Waals surface area contributed by atoms with Gasteiger partial charge in [0.2, 0.25) is 0 Å². The zero-order valence-electron chi connectivity index (χ0n) is 19.3. The van der Waals surface area contributed by atoms with Crippen LogP contribution in [0.5, 0.6) is 11.5 Å². The van der Waals surface area contributed by atoms with Crippen LogP contribution in [0.1, 0.15) is 45.5 Å². The fraction of sp³-hybridized carbons (Fsp3) is 0.133. The summed E-state index contributed by atoms with van der Waals surface area (Å²) in [4.78, 5) is 9.87. The quantitative estimate of drug-likeness (QED) is 0.308. The van der Waals surface area contributed by atoms with Crippen LogP contribution in [0.3, 0.4) is 0 Å². The van der Waals surface area contributed by atoms with Crippen molar-refractivity contribution in [2.24, 2.45) is 9.98 Å². The number of benzene rings is 4. The lowest BCUT2D eigenvalue weighted by Gasteiger charge is -2.22. The van der Waals surface area contributed by atoms with Crippen LogP contribution in [0.4, 0.5) is 0 Å². The van der Waals surface area contributed by atoms with E-state index in [0.29, 0.717) is 11.1 Å². The molecule has 170 valence electrons. The Morgan fingerprint density at radius 1 is 0.559 bits per heavy atom. The third-order valence-electron chi connectivity index (χ3n) is 5.70. The molecular weight excluding hydrogens is 420 g/mol. The van der Waals surface area contributed by atoms with Crippen molar-refractivity contribution in [2.75, 3.05) is 0 Å². The monoisotopic (exact) mass is 448 g/mol. The van der Waals surface area contributed by atoms with Gasteiger partial charge in [-0.25, -0.2) is 0 Å². The molecule has 4 aromatic carbocycles. The second-order valence-corrected chi connectivity index (χ2v) is 8.39. The van der Waals surface area contributed by atoms with Gasteiger partial charge in [-0.15, -0.1) is 0 Å². The van der Waals surface area contributed by atoms with Crippen LogP contribution in [0.2, 0.25) is 0 Å². The van der Waals surface area contributed by atoms with E-state index < -0.39 is 0 Å². The van der Waals surface area contributed by atoms with E-state index in [4.69, 9.17) is 9.98 Å². The first-order chi connectivity index (χ1) is 16.5. The molecule has 2 atom stereocenters. The van der Waals surface area contributed by atoms with Crippen LogP contribution in [-0.4, -0.2) is 22.6 Å². The molecule has 4 rings (SSSR count). The summed E-state index contributed by atoms with van der Waals surface area (Å²) < 4.78 is 0. The molecule has 0 aliphatic carbocycles. The Hall–Kier alpha value is -4.18. The Bertz CT molecular complexity index is 1200. The lowest BCUT2D eigenvalue weighted by atomic mass is 9.94. The molecule has 0 amide bonds. The molecule has 0 bridgehead atoms. The molecule has 0 fully saturated rings. The second kappa shape index (κ2) is 10.6. The molecule has 0 unspecified atom stereocenters. The third kappa shape index (κ3) is 5.59. The minimum Gasteiger partial charge on any atom is -0.507 e. The van der Waals surface area contributed by atoms with E-state index in [2.05, 4.69) is 0 Å². The van der Waals surface area contributed by atoms with Crippen LogP contribution >= 0.6 is 0 Å². The fourth-order valence-electron chi connectivity index (χ4n) is 3.88. The normalized spacial score (nSPS) is 13.4. The van der Waals surface area contributed by atoms with E-state index in [0.717, 1.165) is 22.3 Å². The summed E-state index contributed by atoms with van der Waals surface area (Å²) in [5.74, 6) is 0.371. The number of hydrogen-bond donors (Lipinski definition) is 2. The van der Waals surface area contributed by atoms with Gasteiger partial charge in [0.1, 0.15) is 23.6 Å². The average Bonchev–Trinajstić information content (AvgIpc) is 2.86. The minimum absolute atomic E-state index is 0.186. The lowest BCUT2D eigenvalue weighted by molar-refractivity contribution is 0.473. The first-order valence-electron chi connectivity index (χ1n) is 11.3. The highest BCUT2D eigenvalue weighted by Gasteiger charge is 2.23. The number of aryl methyl sites for hydroxylation is 2. The first-order valence-corrected chi connectivity index (χ1v) is 11.3. The van der Waals surface area contributed by atoms with Crippen LogP contribution < -0.4 is 0 Å². The predicted molar refractivity (Wildman–Crippen MR) is 139 cm³/mol. The highest BCUT2D eigenvalue weighted by molar-refractivity contribution is 5.85. The third-order valence-corrected chi connectivity index (χ3v) is 5.70. The number of phenols is 2. The van der Waals surface area contributed by atoms with Crippen molar-refractivity contribution in [2.45, 2.75) is 25.9 Å². The van der Waals surface area contributed by atoms with E-state index in [1.165, 1.54) is 0 Å². The maximum atomic E-state index is 10.3. The maximum Gasteiger partial charge on any atom is 0.124 e. The highest BCUT2D eigenvalue weighted by atomic mass is 16.3. The standard InChI is InChI=1S/C30H28N2O2/c1-21-13-15-27(33)25(17-21)19-31-29(23-9-5-3-6-10-23)30(24-11-7-4-8-12-24)32-20-26-18-22(2)14-16-28(26)34/h3-20,29-30,33-34H,1-2H3/t29-,30-/m0/s1. The van der Waals surface area contributed by atoms with E-state index in [1.54, 1.807) is 24.6 Å². The molecular formula is C30H28N2O2. The van der Waals surface area contributed by atoms with E-state index >= 15 is 0 Å². The van der Waals surface area contributed by atoms with Gasteiger partial charge in [0.05, 0.1) is 0 Å². The van der Waals surface area contributed by atoms with Gasteiger partial charge in [0, 0.05) is 23.6 Å². The summed E-state index contributed by atoms with van der Waals surface area (Å²) in [5, 5.41) is 20.7. The second-order valence-electron chi connectivity index (χ2n) is 8.39. The summed E-state index contributed by atoms with van der Waals surface area (Å²) in [6.07, 6.45) is 3.44. The fourth-order valence-corrected chi connectivity index (χ4v) is 3.88. The van der Waals surface area contributed by atoms with Gasteiger partial charge in [-0.1, -0.05) is 83.9 Å². The minimum atomic E-state index is -0.341. The summed E-state index contributed by atoms with van der Waals surface area (Å²) in [6, 6.07) is 30.3. The molecule has 0 heterocycles. The Labute approximate surface area is 200 Å². The Kier molecular flexibility index (Phi) is 7.19. The zero-order chi connectivity index (χ0) is 23.9. The molecule has 0 aliphatic rings. The largest absolute Gasteiger partial charge is 0.507 e. The Balaban J connectivity index is 1.81. The van der Waals surface area contributed by atoms with Gasteiger partial charge >= 0.3 is 0 Å². The number of aromatic hydroxyl groups is 2. The number of hydrogen-bond acceptors (Lipinski definition) is 4. The zero-order valence-corrected chi connectivity index (χ0v) is 19.3. The molecule has 0 saturated heterocycles. The van der Waals surface area contributed by atoms with Gasteiger partial charge in [-0.3, -0.25) is 9.98 Å². The lowest BCUT2D eigenvalue weighted by Crippen LogP contribution is -2.09. The van der Waals surface area contributed by atoms with Crippen molar-refractivity contribution < 1.29 is 10.2 Å². The van der Waals surface area contributed by atoms with Gasteiger partial charge in [-0.2, -0.15) is 0 Å². The van der Waals surface area contributed by atoms with Crippen LogP contribution in [0, 0.1) is 13.8 Å². The van der Waals surface area contributed by atoms with Gasteiger partial charge in [0.25, 0.3) is 0 Å². The number of nitrogens with zero attached hydrogens (tertiary/aromatic N) is 2. The smallest absolute Gasteiger partial charge is 0.124 e. The summed E-state index contributed by atoms with van der Waals surface area (Å²) in [6.45, 7) is 3.97. The predicted octanol–water partition coefficient (Wildman–Crippen LogP) is 6.74. The first kappa shape index (κ1) is 23.0. The molecule has 2 N–H and O–H groups in total.